The number of nitrogens with zero attached hydrogens (tertiary/aromatic N) is 1. The Balaban J connectivity index is 2.10. The molecule has 0 aliphatic carbocycles. The van der Waals surface area contributed by atoms with Gasteiger partial charge in [0.05, 0.1) is 0 Å². The van der Waals surface area contributed by atoms with E-state index < -0.39 is 17.3 Å². The summed E-state index contributed by atoms with van der Waals surface area (Å²) in [4.78, 5) is 24.8. The first kappa shape index (κ1) is 11.9. The SMILES string of the molecule is CC(Cl)C(=O)NC(=O)N1CCc2ccccc21. The number of anilines is 1. The normalized spacial score (nSPS) is 15.3. The summed E-state index contributed by atoms with van der Waals surface area (Å²) in [5, 5.41) is 1.57. The molecule has 2 rings (SSSR count). The summed E-state index contributed by atoms with van der Waals surface area (Å²) in [6.45, 7) is 2.12. The summed E-state index contributed by atoms with van der Waals surface area (Å²) in [6, 6.07) is 7.25. The lowest BCUT2D eigenvalue weighted by Crippen LogP contribution is -2.44. The number of carbonyl (C=O) groups is 2. The lowest BCUT2D eigenvalue weighted by atomic mass is 10.2. The Morgan fingerprint density at radius 2 is 2.12 bits per heavy atom. The molecule has 1 atom stereocenters. The number of para-hydroxylation sites is 1. The van der Waals surface area contributed by atoms with E-state index in [0.717, 1.165) is 17.7 Å². The number of benzene rings is 1. The molecular weight excluding hydrogens is 240 g/mol. The fourth-order valence-electron chi connectivity index (χ4n) is 1.82. The van der Waals surface area contributed by atoms with Crippen LogP contribution in [0.1, 0.15) is 12.5 Å². The highest BCUT2D eigenvalue weighted by molar-refractivity contribution is 6.31. The topological polar surface area (TPSA) is 49.4 Å². The molecule has 1 aliphatic heterocycles. The molecule has 1 unspecified atom stereocenters. The van der Waals surface area contributed by atoms with Crippen LogP contribution in [0.2, 0.25) is 0 Å². The molecule has 0 radical (unpaired) electrons. The molecule has 5 heteroatoms. The Morgan fingerprint density at radius 3 is 2.82 bits per heavy atom. The van der Waals surface area contributed by atoms with E-state index in [4.69, 9.17) is 11.6 Å². The molecule has 0 saturated carbocycles. The van der Waals surface area contributed by atoms with Crippen LogP contribution >= 0.6 is 11.6 Å². The minimum atomic E-state index is -0.711. The second-order valence-electron chi connectivity index (χ2n) is 3.94. The molecule has 0 aromatic heterocycles. The Kier molecular flexibility index (Phi) is 3.33. The van der Waals surface area contributed by atoms with Gasteiger partial charge in [0.15, 0.2) is 0 Å². The van der Waals surface area contributed by atoms with Crippen LogP contribution in [0.4, 0.5) is 10.5 Å². The number of urea groups is 1. The minimum Gasteiger partial charge on any atom is -0.294 e. The van der Waals surface area contributed by atoms with Crippen LogP contribution in [0.15, 0.2) is 24.3 Å². The molecule has 17 heavy (non-hydrogen) atoms. The van der Waals surface area contributed by atoms with Crippen molar-refractivity contribution in [2.45, 2.75) is 18.7 Å². The molecule has 1 N–H and O–H groups in total. The third-order valence-electron chi connectivity index (χ3n) is 2.72. The number of fused-ring (bicyclic) bond motifs is 1. The van der Waals surface area contributed by atoms with Gasteiger partial charge in [0.2, 0.25) is 5.91 Å². The highest BCUT2D eigenvalue weighted by Crippen LogP contribution is 2.27. The van der Waals surface area contributed by atoms with Crippen molar-refractivity contribution < 1.29 is 9.59 Å². The summed E-state index contributed by atoms with van der Waals surface area (Å²) in [5.74, 6) is -0.471. The molecule has 0 saturated heterocycles. The largest absolute Gasteiger partial charge is 0.328 e. The van der Waals surface area contributed by atoms with Crippen LogP contribution in [-0.2, 0) is 11.2 Å². The van der Waals surface area contributed by atoms with Crippen molar-refractivity contribution in [2.24, 2.45) is 0 Å². The fourth-order valence-corrected chi connectivity index (χ4v) is 1.88. The summed E-state index contributed by atoms with van der Waals surface area (Å²) in [7, 11) is 0. The Morgan fingerprint density at radius 1 is 1.41 bits per heavy atom. The van der Waals surface area contributed by atoms with E-state index in [1.165, 1.54) is 6.92 Å². The van der Waals surface area contributed by atoms with Crippen molar-refractivity contribution in [1.82, 2.24) is 5.32 Å². The molecule has 4 nitrogen and oxygen atoms in total. The van der Waals surface area contributed by atoms with E-state index in [1.807, 2.05) is 24.3 Å². The predicted octanol–water partition coefficient (Wildman–Crippen LogP) is 1.91. The number of amides is 3. The molecule has 1 aliphatic rings. The van der Waals surface area contributed by atoms with Crippen LogP contribution < -0.4 is 10.2 Å². The quantitative estimate of drug-likeness (QED) is 0.777. The minimum absolute atomic E-state index is 0.410. The molecular formula is C12H13ClN2O2. The molecule has 0 bridgehead atoms. The number of nitrogens with one attached hydrogen (secondary N) is 1. The van der Waals surface area contributed by atoms with Gasteiger partial charge in [0.25, 0.3) is 0 Å². The number of rotatable bonds is 1. The fraction of sp³-hybridized carbons (Fsp3) is 0.333. The number of imide groups is 1. The molecule has 1 aromatic carbocycles. The van der Waals surface area contributed by atoms with E-state index in [0.29, 0.717) is 6.54 Å². The summed E-state index contributed by atoms with van der Waals surface area (Å²) in [5.41, 5.74) is 1.98. The van der Waals surface area contributed by atoms with Crippen LogP contribution in [0.3, 0.4) is 0 Å². The van der Waals surface area contributed by atoms with Gasteiger partial charge in [-0.15, -0.1) is 11.6 Å². The highest BCUT2D eigenvalue weighted by Gasteiger charge is 2.25. The Bertz CT molecular complexity index is 460. The first-order chi connectivity index (χ1) is 8.09. The van der Waals surface area contributed by atoms with Gasteiger partial charge >= 0.3 is 6.03 Å². The second kappa shape index (κ2) is 4.75. The van der Waals surface area contributed by atoms with E-state index in [2.05, 4.69) is 5.32 Å². The van der Waals surface area contributed by atoms with Crippen molar-refractivity contribution in [3.05, 3.63) is 29.8 Å². The molecule has 1 aromatic rings. The zero-order chi connectivity index (χ0) is 12.4. The van der Waals surface area contributed by atoms with E-state index in [-0.39, 0.29) is 0 Å². The molecule has 3 amide bonds. The molecule has 1 heterocycles. The van der Waals surface area contributed by atoms with Gasteiger partial charge in [-0.25, -0.2) is 4.79 Å². The van der Waals surface area contributed by atoms with Crippen LogP contribution in [0.25, 0.3) is 0 Å². The van der Waals surface area contributed by atoms with E-state index >= 15 is 0 Å². The lowest BCUT2D eigenvalue weighted by molar-refractivity contribution is -0.119. The van der Waals surface area contributed by atoms with Gasteiger partial charge < -0.3 is 0 Å². The number of hydrogen-bond donors (Lipinski definition) is 1. The van der Waals surface area contributed by atoms with Gasteiger partial charge in [-0.05, 0) is 25.0 Å². The summed E-state index contributed by atoms with van der Waals surface area (Å²) < 4.78 is 0. The third kappa shape index (κ3) is 2.42. The first-order valence-corrected chi connectivity index (χ1v) is 5.87. The predicted molar refractivity (Wildman–Crippen MR) is 66.3 cm³/mol. The van der Waals surface area contributed by atoms with Gasteiger partial charge in [-0.1, -0.05) is 18.2 Å². The standard InChI is InChI=1S/C12H13ClN2O2/c1-8(13)11(16)14-12(17)15-7-6-9-4-2-3-5-10(9)15/h2-5,8H,6-7H2,1H3,(H,14,16,17). The molecule has 90 valence electrons. The highest BCUT2D eigenvalue weighted by atomic mass is 35.5. The van der Waals surface area contributed by atoms with E-state index in [1.54, 1.807) is 4.90 Å². The zero-order valence-corrected chi connectivity index (χ0v) is 10.2. The van der Waals surface area contributed by atoms with Crippen LogP contribution in [0, 0.1) is 0 Å². The average molecular weight is 253 g/mol. The zero-order valence-electron chi connectivity index (χ0n) is 9.44. The average Bonchev–Trinajstić information content (AvgIpc) is 2.72. The monoisotopic (exact) mass is 252 g/mol. The van der Waals surface area contributed by atoms with Crippen molar-refractivity contribution in [3.63, 3.8) is 0 Å². The van der Waals surface area contributed by atoms with Gasteiger partial charge in [0.1, 0.15) is 5.38 Å². The summed E-state index contributed by atoms with van der Waals surface area (Å²) in [6.07, 6.45) is 0.814. The van der Waals surface area contributed by atoms with Gasteiger partial charge in [-0.3, -0.25) is 15.0 Å². The maximum Gasteiger partial charge on any atom is 0.328 e. The first-order valence-electron chi connectivity index (χ1n) is 5.44. The summed E-state index contributed by atoms with van der Waals surface area (Å²) >= 11 is 5.60. The lowest BCUT2D eigenvalue weighted by Gasteiger charge is -2.17. The number of hydrogen-bond acceptors (Lipinski definition) is 2. The maximum atomic E-state index is 11.9. The van der Waals surface area contributed by atoms with Gasteiger partial charge in [-0.2, -0.15) is 0 Å². The van der Waals surface area contributed by atoms with Crippen molar-refractivity contribution >= 4 is 29.2 Å². The van der Waals surface area contributed by atoms with Crippen molar-refractivity contribution in [1.29, 1.82) is 0 Å². The second-order valence-corrected chi connectivity index (χ2v) is 4.60. The van der Waals surface area contributed by atoms with Crippen molar-refractivity contribution in [2.75, 3.05) is 11.4 Å². The Hall–Kier alpha value is -1.55. The maximum absolute atomic E-state index is 11.9. The van der Waals surface area contributed by atoms with Crippen LogP contribution in [-0.4, -0.2) is 23.9 Å². The molecule has 0 spiro atoms. The number of alkyl halides is 1. The number of carbonyl (C=O) groups excluding carboxylic acids is 2. The molecule has 0 fully saturated rings. The Labute approximate surface area is 105 Å². The number of halogens is 1. The van der Waals surface area contributed by atoms with Crippen LogP contribution in [0.5, 0.6) is 0 Å². The third-order valence-corrected chi connectivity index (χ3v) is 2.92. The van der Waals surface area contributed by atoms with Gasteiger partial charge in [0, 0.05) is 12.2 Å². The van der Waals surface area contributed by atoms with Crippen molar-refractivity contribution in [3.8, 4) is 0 Å². The smallest absolute Gasteiger partial charge is 0.294 e. The van der Waals surface area contributed by atoms with E-state index in [9.17, 15) is 9.59 Å².